The molecular formula is C17H23BClNO3. The Kier molecular flexibility index (Phi) is 4.02. The molecule has 1 heterocycles. The molecule has 23 heavy (non-hydrogen) atoms. The monoisotopic (exact) mass is 335 g/mol. The molecule has 0 radical (unpaired) electrons. The summed E-state index contributed by atoms with van der Waals surface area (Å²) in [6.07, 6.45) is 2.13. The van der Waals surface area contributed by atoms with E-state index in [0.717, 1.165) is 18.3 Å². The predicted octanol–water partition coefficient (Wildman–Crippen LogP) is 2.87. The maximum atomic E-state index is 12.8. The number of rotatable bonds is 3. The van der Waals surface area contributed by atoms with Gasteiger partial charge in [-0.05, 0) is 58.1 Å². The second-order valence-electron chi connectivity index (χ2n) is 7.47. The zero-order valence-corrected chi connectivity index (χ0v) is 15.1. The Morgan fingerprint density at radius 3 is 2.30 bits per heavy atom. The number of benzene rings is 1. The average Bonchev–Trinajstić information content (AvgIpc) is 3.25. The van der Waals surface area contributed by atoms with Crippen LogP contribution in [0, 0.1) is 0 Å². The van der Waals surface area contributed by atoms with Gasteiger partial charge in [0.25, 0.3) is 5.91 Å². The molecule has 1 saturated heterocycles. The Morgan fingerprint density at radius 1 is 1.22 bits per heavy atom. The second-order valence-corrected chi connectivity index (χ2v) is 7.90. The van der Waals surface area contributed by atoms with Crippen molar-refractivity contribution in [3.05, 3.63) is 28.8 Å². The summed E-state index contributed by atoms with van der Waals surface area (Å²) in [4.78, 5) is 14.6. The van der Waals surface area contributed by atoms with Crippen LogP contribution in [0.25, 0.3) is 0 Å². The van der Waals surface area contributed by atoms with Crippen LogP contribution in [0.15, 0.2) is 18.2 Å². The van der Waals surface area contributed by atoms with Gasteiger partial charge < -0.3 is 14.2 Å². The van der Waals surface area contributed by atoms with E-state index in [0.29, 0.717) is 16.6 Å². The molecule has 0 N–H and O–H groups in total. The van der Waals surface area contributed by atoms with E-state index in [4.69, 9.17) is 20.9 Å². The summed E-state index contributed by atoms with van der Waals surface area (Å²) in [5.41, 5.74) is 0.413. The van der Waals surface area contributed by atoms with Gasteiger partial charge in [0, 0.05) is 23.7 Å². The predicted molar refractivity (Wildman–Crippen MR) is 92.3 cm³/mol. The third-order valence-electron chi connectivity index (χ3n) is 5.17. The molecule has 1 aromatic rings. The quantitative estimate of drug-likeness (QED) is 0.797. The third-order valence-corrected chi connectivity index (χ3v) is 5.40. The highest BCUT2D eigenvalue weighted by atomic mass is 35.5. The molecule has 0 aromatic heterocycles. The first kappa shape index (κ1) is 16.8. The first-order valence-corrected chi connectivity index (χ1v) is 8.42. The average molecular weight is 336 g/mol. The minimum absolute atomic E-state index is 0.0280. The first-order valence-electron chi connectivity index (χ1n) is 8.04. The minimum Gasteiger partial charge on any atom is -0.399 e. The molecule has 1 saturated carbocycles. The maximum Gasteiger partial charge on any atom is 0.495 e. The fourth-order valence-corrected chi connectivity index (χ4v) is 2.88. The van der Waals surface area contributed by atoms with Gasteiger partial charge in [0.1, 0.15) is 0 Å². The molecule has 1 amide bonds. The van der Waals surface area contributed by atoms with Crippen molar-refractivity contribution in [3.63, 3.8) is 0 Å². The van der Waals surface area contributed by atoms with Gasteiger partial charge in [-0.15, -0.1) is 0 Å². The third kappa shape index (κ3) is 3.02. The number of hydrogen-bond donors (Lipinski definition) is 0. The van der Waals surface area contributed by atoms with Crippen LogP contribution >= 0.6 is 11.6 Å². The van der Waals surface area contributed by atoms with Gasteiger partial charge >= 0.3 is 7.12 Å². The van der Waals surface area contributed by atoms with Crippen LogP contribution in [0.1, 0.15) is 50.9 Å². The van der Waals surface area contributed by atoms with Crippen LogP contribution in [-0.2, 0) is 9.31 Å². The van der Waals surface area contributed by atoms with E-state index in [2.05, 4.69) is 0 Å². The van der Waals surface area contributed by atoms with Crippen LogP contribution in [0.2, 0.25) is 5.02 Å². The lowest BCUT2D eigenvalue weighted by Crippen LogP contribution is -2.41. The van der Waals surface area contributed by atoms with Gasteiger partial charge in [-0.25, -0.2) is 0 Å². The molecule has 6 heteroatoms. The summed E-state index contributed by atoms with van der Waals surface area (Å²) in [5.74, 6) is -0.0280. The number of amides is 1. The van der Waals surface area contributed by atoms with Crippen LogP contribution in [0.5, 0.6) is 0 Å². The first-order chi connectivity index (χ1) is 10.6. The van der Waals surface area contributed by atoms with E-state index >= 15 is 0 Å². The Morgan fingerprint density at radius 2 is 1.78 bits per heavy atom. The standard InChI is InChI=1S/C17H23BClNO3/c1-16(2)17(3,4)23-18(22-16)14-9-6-11(19)10-13(14)15(21)20(5)12-7-8-12/h6,9-10,12H,7-8H2,1-5H3. The number of nitrogens with zero attached hydrogens (tertiary/aromatic N) is 1. The highest BCUT2D eigenvalue weighted by Crippen LogP contribution is 2.37. The molecule has 124 valence electrons. The van der Waals surface area contributed by atoms with E-state index in [9.17, 15) is 4.79 Å². The molecule has 2 aliphatic rings. The summed E-state index contributed by atoms with van der Waals surface area (Å²) in [5, 5.41) is 0.540. The normalized spacial score (nSPS) is 22.3. The Labute approximate surface area is 143 Å². The lowest BCUT2D eigenvalue weighted by molar-refractivity contribution is 0.00578. The van der Waals surface area contributed by atoms with Gasteiger partial charge in [0.2, 0.25) is 0 Å². The molecule has 0 unspecified atom stereocenters. The largest absolute Gasteiger partial charge is 0.495 e. The summed E-state index contributed by atoms with van der Waals surface area (Å²) in [6, 6.07) is 5.66. The zero-order chi connectivity index (χ0) is 17.0. The van der Waals surface area contributed by atoms with E-state index in [1.807, 2.05) is 40.8 Å². The molecule has 4 nitrogen and oxygen atoms in total. The molecular weight excluding hydrogens is 312 g/mol. The van der Waals surface area contributed by atoms with Crippen molar-refractivity contribution in [2.45, 2.75) is 57.8 Å². The van der Waals surface area contributed by atoms with Gasteiger partial charge in [-0.3, -0.25) is 4.79 Å². The number of carbonyl (C=O) groups is 1. The topological polar surface area (TPSA) is 38.8 Å². The van der Waals surface area contributed by atoms with E-state index < -0.39 is 18.3 Å². The van der Waals surface area contributed by atoms with Crippen LogP contribution < -0.4 is 5.46 Å². The number of hydrogen-bond acceptors (Lipinski definition) is 3. The Balaban J connectivity index is 1.95. The Hall–Kier alpha value is -1.04. The van der Waals surface area contributed by atoms with Gasteiger partial charge in [-0.2, -0.15) is 0 Å². The van der Waals surface area contributed by atoms with E-state index in [-0.39, 0.29) is 5.91 Å². The molecule has 0 atom stereocenters. The molecule has 1 aliphatic carbocycles. The molecule has 3 rings (SSSR count). The lowest BCUT2D eigenvalue weighted by Gasteiger charge is -2.32. The van der Waals surface area contributed by atoms with Gasteiger partial charge in [0.15, 0.2) is 0 Å². The molecule has 0 spiro atoms. The number of halogens is 1. The Bertz CT molecular complexity index is 627. The summed E-state index contributed by atoms with van der Waals surface area (Å²) in [6.45, 7) is 8.00. The highest BCUT2D eigenvalue weighted by Gasteiger charge is 2.52. The summed E-state index contributed by atoms with van der Waals surface area (Å²) < 4.78 is 12.2. The van der Waals surface area contributed by atoms with Crippen molar-refractivity contribution in [1.82, 2.24) is 4.90 Å². The van der Waals surface area contributed by atoms with Crippen LogP contribution in [0.3, 0.4) is 0 Å². The van der Waals surface area contributed by atoms with Crippen molar-refractivity contribution in [1.29, 1.82) is 0 Å². The lowest BCUT2D eigenvalue weighted by atomic mass is 9.75. The van der Waals surface area contributed by atoms with Crippen LogP contribution in [-0.4, -0.2) is 42.2 Å². The molecule has 0 bridgehead atoms. The van der Waals surface area contributed by atoms with Crippen molar-refractivity contribution in [2.24, 2.45) is 0 Å². The van der Waals surface area contributed by atoms with Gasteiger partial charge in [-0.1, -0.05) is 17.7 Å². The zero-order valence-electron chi connectivity index (χ0n) is 14.4. The van der Waals surface area contributed by atoms with E-state index in [1.54, 1.807) is 17.0 Å². The van der Waals surface area contributed by atoms with Crippen LogP contribution in [0.4, 0.5) is 0 Å². The van der Waals surface area contributed by atoms with Crippen molar-refractivity contribution >= 4 is 30.1 Å². The maximum absolute atomic E-state index is 12.8. The summed E-state index contributed by atoms with van der Waals surface area (Å²) >= 11 is 6.13. The molecule has 1 aliphatic heterocycles. The van der Waals surface area contributed by atoms with Crippen molar-refractivity contribution in [3.8, 4) is 0 Å². The fourth-order valence-electron chi connectivity index (χ4n) is 2.71. The van der Waals surface area contributed by atoms with Crippen molar-refractivity contribution in [2.75, 3.05) is 7.05 Å². The number of carbonyl (C=O) groups excluding carboxylic acids is 1. The smallest absolute Gasteiger partial charge is 0.399 e. The molecule has 1 aromatic carbocycles. The highest BCUT2D eigenvalue weighted by molar-refractivity contribution is 6.63. The van der Waals surface area contributed by atoms with Crippen molar-refractivity contribution < 1.29 is 14.1 Å². The fraction of sp³-hybridized carbons (Fsp3) is 0.588. The minimum atomic E-state index is -0.566. The van der Waals surface area contributed by atoms with Gasteiger partial charge in [0.05, 0.1) is 11.2 Å². The summed E-state index contributed by atoms with van der Waals surface area (Å²) in [7, 11) is 1.28. The molecule has 2 fully saturated rings. The van der Waals surface area contributed by atoms with E-state index in [1.165, 1.54) is 0 Å². The second kappa shape index (κ2) is 5.50. The SMILES string of the molecule is CN(C(=O)c1cc(Cl)ccc1B1OC(C)(C)C(C)(C)O1)C1CC1.